The van der Waals surface area contributed by atoms with Gasteiger partial charge in [0.25, 0.3) is 5.56 Å². The van der Waals surface area contributed by atoms with Gasteiger partial charge in [0.05, 0.1) is 6.54 Å². The maximum atomic E-state index is 12.8. The summed E-state index contributed by atoms with van der Waals surface area (Å²) in [4.78, 5) is 40.8. The van der Waals surface area contributed by atoms with E-state index in [4.69, 9.17) is 0 Å². The highest BCUT2D eigenvalue weighted by Crippen LogP contribution is 2.27. The molecule has 0 bridgehead atoms. The number of rotatable bonds is 5. The molecule has 142 valence electrons. The van der Waals surface area contributed by atoms with Crippen LogP contribution in [-0.2, 0) is 25.4 Å². The molecule has 3 aromatic rings. The second kappa shape index (κ2) is 7.07. The predicted octanol–water partition coefficient (Wildman–Crippen LogP) is 1.36. The van der Waals surface area contributed by atoms with E-state index in [-0.39, 0.29) is 11.2 Å². The molecule has 0 aliphatic rings. The monoisotopic (exact) mass is 388 g/mol. The van der Waals surface area contributed by atoms with Crippen LogP contribution in [0.3, 0.4) is 0 Å². The highest BCUT2D eigenvalue weighted by atomic mass is 32.2. The number of carboxylic acid groups (broad SMARTS) is 1. The number of aryl methyl sites for hydroxylation is 2. The van der Waals surface area contributed by atoms with Crippen LogP contribution in [0, 0.1) is 6.92 Å². The lowest BCUT2D eigenvalue weighted by atomic mass is 10.1. The fourth-order valence-corrected chi connectivity index (χ4v) is 3.67. The molecule has 27 heavy (non-hydrogen) atoms. The topological polar surface area (TPSA) is 99.1 Å². The van der Waals surface area contributed by atoms with E-state index in [1.807, 2.05) is 31.2 Å². The van der Waals surface area contributed by atoms with Gasteiger partial charge in [-0.3, -0.25) is 18.7 Å². The summed E-state index contributed by atoms with van der Waals surface area (Å²) in [5.41, 5.74) is 1.63. The number of carbonyl (C=O) groups is 1. The van der Waals surface area contributed by atoms with Crippen molar-refractivity contribution in [1.82, 2.24) is 18.7 Å². The van der Waals surface area contributed by atoms with Crippen molar-refractivity contribution in [3.05, 3.63) is 56.2 Å². The minimum Gasteiger partial charge on any atom is -0.480 e. The molecule has 0 saturated heterocycles. The third-order valence-electron chi connectivity index (χ3n) is 4.53. The second-order valence-electron chi connectivity index (χ2n) is 6.38. The van der Waals surface area contributed by atoms with Gasteiger partial charge in [0, 0.05) is 14.1 Å². The lowest BCUT2D eigenvalue weighted by Crippen LogP contribution is -2.37. The maximum absolute atomic E-state index is 12.8. The van der Waals surface area contributed by atoms with E-state index in [2.05, 4.69) is 4.98 Å². The molecule has 1 aromatic carbocycles. The number of nitrogens with zero attached hydrogens (tertiary/aromatic N) is 4. The summed E-state index contributed by atoms with van der Waals surface area (Å²) >= 11 is 1.05. The lowest BCUT2D eigenvalue weighted by molar-refractivity contribution is -0.136. The number of hydrogen-bond donors (Lipinski definition) is 1. The zero-order valence-corrected chi connectivity index (χ0v) is 16.3. The molecule has 9 heteroatoms. The van der Waals surface area contributed by atoms with Crippen molar-refractivity contribution in [2.45, 2.75) is 30.8 Å². The molecule has 0 amide bonds. The largest absolute Gasteiger partial charge is 0.480 e. The first-order valence-electron chi connectivity index (χ1n) is 8.32. The van der Waals surface area contributed by atoms with Gasteiger partial charge in [-0.05, 0) is 25.0 Å². The van der Waals surface area contributed by atoms with E-state index in [9.17, 15) is 19.5 Å². The van der Waals surface area contributed by atoms with Gasteiger partial charge in [0.1, 0.15) is 5.25 Å². The molecule has 0 aliphatic carbocycles. The molecule has 0 spiro atoms. The van der Waals surface area contributed by atoms with Gasteiger partial charge >= 0.3 is 11.7 Å². The van der Waals surface area contributed by atoms with Gasteiger partial charge in [-0.2, -0.15) is 0 Å². The van der Waals surface area contributed by atoms with Crippen molar-refractivity contribution in [2.24, 2.45) is 14.1 Å². The number of fused-ring (bicyclic) bond motifs is 1. The zero-order chi connectivity index (χ0) is 19.9. The zero-order valence-electron chi connectivity index (χ0n) is 15.5. The van der Waals surface area contributed by atoms with Crippen molar-refractivity contribution < 1.29 is 9.90 Å². The van der Waals surface area contributed by atoms with Crippen molar-refractivity contribution in [3.63, 3.8) is 0 Å². The quantitative estimate of drug-likeness (QED) is 0.663. The van der Waals surface area contributed by atoms with Crippen LogP contribution in [0.25, 0.3) is 11.2 Å². The van der Waals surface area contributed by atoms with Gasteiger partial charge in [-0.1, -0.05) is 36.0 Å². The fourth-order valence-electron chi connectivity index (χ4n) is 2.83. The van der Waals surface area contributed by atoms with Gasteiger partial charge in [0.2, 0.25) is 0 Å². The SMILES string of the molecule is Cc1ccccc1Cn1c(S[C@H](C)C(=O)O)nc2c1c(=O)n(C)c(=O)n2C. The summed E-state index contributed by atoms with van der Waals surface area (Å²) in [7, 11) is 2.96. The Morgan fingerprint density at radius 1 is 1.22 bits per heavy atom. The van der Waals surface area contributed by atoms with Crippen molar-refractivity contribution in [2.75, 3.05) is 0 Å². The highest BCUT2D eigenvalue weighted by Gasteiger charge is 2.23. The first-order chi connectivity index (χ1) is 12.7. The first-order valence-corrected chi connectivity index (χ1v) is 9.20. The Bertz CT molecular complexity index is 1160. The summed E-state index contributed by atoms with van der Waals surface area (Å²) < 4.78 is 4.04. The van der Waals surface area contributed by atoms with Gasteiger partial charge in [-0.25, -0.2) is 9.78 Å². The van der Waals surface area contributed by atoms with E-state index in [0.29, 0.717) is 11.7 Å². The van der Waals surface area contributed by atoms with E-state index < -0.39 is 22.5 Å². The average Bonchev–Trinajstić information content (AvgIpc) is 2.98. The molecule has 0 aliphatic heterocycles. The molecule has 1 atom stereocenters. The fraction of sp³-hybridized carbons (Fsp3) is 0.333. The Kier molecular flexibility index (Phi) is 4.97. The Morgan fingerprint density at radius 3 is 2.52 bits per heavy atom. The van der Waals surface area contributed by atoms with Crippen LogP contribution < -0.4 is 11.2 Å². The van der Waals surface area contributed by atoms with Crippen LogP contribution in [0.2, 0.25) is 0 Å². The Morgan fingerprint density at radius 2 is 1.89 bits per heavy atom. The average molecular weight is 388 g/mol. The third kappa shape index (κ3) is 3.30. The number of benzene rings is 1. The predicted molar refractivity (Wildman–Crippen MR) is 103 cm³/mol. The number of thioether (sulfide) groups is 1. The summed E-state index contributed by atoms with van der Waals surface area (Å²) in [5.74, 6) is -0.976. The molecule has 2 aromatic heterocycles. The number of imidazole rings is 1. The molecule has 2 heterocycles. The smallest absolute Gasteiger partial charge is 0.332 e. The number of carboxylic acids is 1. The van der Waals surface area contributed by atoms with E-state index in [0.717, 1.165) is 27.5 Å². The molecule has 0 unspecified atom stereocenters. The number of aromatic nitrogens is 4. The first kappa shape index (κ1) is 19.0. The molecule has 0 fully saturated rings. The van der Waals surface area contributed by atoms with Crippen LogP contribution in [-0.4, -0.2) is 35.0 Å². The van der Waals surface area contributed by atoms with Crippen molar-refractivity contribution in [3.8, 4) is 0 Å². The van der Waals surface area contributed by atoms with Crippen LogP contribution in [0.5, 0.6) is 0 Å². The minimum atomic E-state index is -0.976. The molecular formula is C18H20N4O4S. The third-order valence-corrected chi connectivity index (χ3v) is 5.61. The summed E-state index contributed by atoms with van der Waals surface area (Å²) in [6.07, 6.45) is 0. The number of aliphatic carboxylic acids is 1. The molecule has 8 nitrogen and oxygen atoms in total. The maximum Gasteiger partial charge on any atom is 0.332 e. The van der Waals surface area contributed by atoms with Crippen LogP contribution in [0.15, 0.2) is 39.0 Å². The summed E-state index contributed by atoms with van der Waals surface area (Å²) in [6.45, 7) is 3.88. The normalized spacial score (nSPS) is 12.4. The molecule has 0 saturated carbocycles. The Balaban J connectivity index is 2.30. The van der Waals surface area contributed by atoms with Gasteiger partial charge in [0.15, 0.2) is 16.3 Å². The van der Waals surface area contributed by atoms with Crippen LogP contribution in [0.1, 0.15) is 18.1 Å². The molecular weight excluding hydrogens is 368 g/mol. The second-order valence-corrected chi connectivity index (χ2v) is 7.69. The Labute approximate surface area is 159 Å². The van der Waals surface area contributed by atoms with Crippen LogP contribution >= 0.6 is 11.8 Å². The Hall–Kier alpha value is -2.81. The summed E-state index contributed by atoms with van der Waals surface area (Å²) in [6, 6.07) is 7.75. The number of hydrogen-bond acceptors (Lipinski definition) is 5. The van der Waals surface area contributed by atoms with Gasteiger partial charge in [-0.15, -0.1) is 0 Å². The van der Waals surface area contributed by atoms with E-state index >= 15 is 0 Å². The summed E-state index contributed by atoms with van der Waals surface area (Å²) in [5, 5.41) is 8.90. The standard InChI is InChI=1S/C18H20N4O4S/c1-10-7-5-6-8-12(10)9-22-13-14(19-17(22)27-11(2)16(24)25)20(3)18(26)21(4)15(13)23/h5-8,11H,9H2,1-4H3,(H,24,25)/t11-/m1/s1. The molecule has 1 N–H and O–H groups in total. The molecule has 0 radical (unpaired) electrons. The highest BCUT2D eigenvalue weighted by molar-refractivity contribution is 8.00. The van der Waals surface area contributed by atoms with Crippen molar-refractivity contribution >= 4 is 28.9 Å². The van der Waals surface area contributed by atoms with E-state index in [1.165, 1.54) is 11.6 Å². The minimum absolute atomic E-state index is 0.247. The lowest BCUT2D eigenvalue weighted by Gasteiger charge is -2.12. The van der Waals surface area contributed by atoms with Gasteiger partial charge < -0.3 is 9.67 Å². The van der Waals surface area contributed by atoms with Crippen LogP contribution in [0.4, 0.5) is 0 Å². The van der Waals surface area contributed by atoms with Crippen molar-refractivity contribution in [1.29, 1.82) is 0 Å². The van der Waals surface area contributed by atoms with E-state index in [1.54, 1.807) is 18.5 Å². The molecule has 3 rings (SSSR count).